The van der Waals surface area contributed by atoms with Crippen molar-refractivity contribution in [3.8, 4) is 0 Å². The minimum atomic E-state index is 0.621. The maximum Gasteiger partial charge on any atom is 0.239 e. The predicted molar refractivity (Wildman–Crippen MR) is 80.8 cm³/mol. The summed E-state index contributed by atoms with van der Waals surface area (Å²) in [6, 6.07) is 8.76. The third-order valence-electron chi connectivity index (χ3n) is 3.30. The summed E-state index contributed by atoms with van der Waals surface area (Å²) in [5, 5.41) is 1.43. The summed E-state index contributed by atoms with van der Waals surface area (Å²) in [7, 11) is 1.05. The standard InChI is InChI=1S/C13H13BIN/c1-14-16-11-7-3-2-5-9(11)13-10(15)6-4-8-12(13)16/h2-5,7-8,10,14H,6H2,1H3. The number of rotatable bonds is 1. The highest BCUT2D eigenvalue weighted by Gasteiger charge is 2.21. The molecule has 3 rings (SSSR count). The molecule has 0 bridgehead atoms. The van der Waals surface area contributed by atoms with Crippen molar-refractivity contribution in [2.75, 3.05) is 0 Å². The lowest BCUT2D eigenvalue weighted by molar-refractivity contribution is 0.990. The average molecular weight is 321 g/mol. The molecule has 3 heteroatoms. The number of para-hydroxylation sites is 1. The Morgan fingerprint density at radius 2 is 2.19 bits per heavy atom. The fourth-order valence-electron chi connectivity index (χ4n) is 2.62. The first-order valence-corrected chi connectivity index (χ1v) is 6.99. The van der Waals surface area contributed by atoms with Gasteiger partial charge >= 0.3 is 0 Å². The third kappa shape index (κ3) is 1.37. The fourth-order valence-corrected chi connectivity index (χ4v) is 3.56. The summed E-state index contributed by atoms with van der Waals surface area (Å²) in [5.74, 6) is 0. The third-order valence-corrected chi connectivity index (χ3v) is 4.43. The zero-order valence-electron chi connectivity index (χ0n) is 9.28. The first kappa shape index (κ1) is 10.4. The van der Waals surface area contributed by atoms with Gasteiger partial charge in [0, 0.05) is 20.5 Å². The Morgan fingerprint density at radius 3 is 3.00 bits per heavy atom. The number of alkyl halides is 1. The molecule has 1 nitrogen and oxygen atoms in total. The molecule has 1 heterocycles. The Hall–Kier alpha value is -0.705. The molecule has 0 saturated heterocycles. The number of allylic oxidation sites excluding steroid dienone is 1. The summed E-state index contributed by atoms with van der Waals surface area (Å²) < 4.78 is 3.04. The van der Waals surface area contributed by atoms with Gasteiger partial charge in [-0.3, -0.25) is 0 Å². The van der Waals surface area contributed by atoms with Gasteiger partial charge in [-0.15, -0.1) is 0 Å². The second kappa shape index (κ2) is 3.95. The topological polar surface area (TPSA) is 4.93 Å². The molecule has 1 atom stereocenters. The highest BCUT2D eigenvalue weighted by atomic mass is 127. The van der Waals surface area contributed by atoms with Crippen LogP contribution < -0.4 is 0 Å². The van der Waals surface area contributed by atoms with E-state index < -0.39 is 0 Å². The Kier molecular flexibility index (Phi) is 2.58. The second-order valence-corrected chi connectivity index (χ2v) is 5.67. The number of fused-ring (bicyclic) bond motifs is 3. The molecule has 1 aliphatic carbocycles. The van der Waals surface area contributed by atoms with Crippen LogP contribution in [0.25, 0.3) is 17.0 Å². The molecule has 1 unspecified atom stereocenters. The Labute approximate surface area is 110 Å². The average Bonchev–Trinajstić information content (AvgIpc) is 2.64. The lowest BCUT2D eigenvalue weighted by Crippen LogP contribution is -2.06. The van der Waals surface area contributed by atoms with Crippen LogP contribution in [-0.4, -0.2) is 11.9 Å². The summed E-state index contributed by atoms with van der Waals surface area (Å²) in [6.45, 7) is 2.22. The maximum absolute atomic E-state index is 2.56. The molecule has 0 saturated carbocycles. The van der Waals surface area contributed by atoms with Gasteiger partial charge in [-0.05, 0) is 24.1 Å². The summed E-state index contributed by atoms with van der Waals surface area (Å²) in [4.78, 5) is 0. The molecular weight excluding hydrogens is 308 g/mol. The molecule has 0 fully saturated rings. The van der Waals surface area contributed by atoms with Gasteiger partial charge in [0.2, 0.25) is 7.41 Å². The minimum Gasteiger partial charge on any atom is -0.390 e. The maximum atomic E-state index is 2.56. The predicted octanol–water partition coefficient (Wildman–Crippen LogP) is 3.78. The van der Waals surface area contributed by atoms with E-state index in [0.717, 1.165) is 13.8 Å². The van der Waals surface area contributed by atoms with E-state index in [1.54, 1.807) is 0 Å². The van der Waals surface area contributed by atoms with E-state index in [9.17, 15) is 0 Å². The smallest absolute Gasteiger partial charge is 0.239 e. The van der Waals surface area contributed by atoms with Crippen molar-refractivity contribution in [3.05, 3.63) is 41.6 Å². The molecule has 0 aliphatic heterocycles. The molecule has 0 amide bonds. The summed E-state index contributed by atoms with van der Waals surface area (Å²) in [5.41, 5.74) is 4.32. The van der Waals surface area contributed by atoms with Crippen LogP contribution in [0.3, 0.4) is 0 Å². The fraction of sp³-hybridized carbons (Fsp3) is 0.231. The van der Waals surface area contributed by atoms with Crippen molar-refractivity contribution in [3.63, 3.8) is 0 Å². The van der Waals surface area contributed by atoms with Gasteiger partial charge in [-0.1, -0.05) is 53.7 Å². The van der Waals surface area contributed by atoms with Crippen LogP contribution in [0.5, 0.6) is 0 Å². The molecular formula is C13H13BIN. The van der Waals surface area contributed by atoms with Crippen LogP contribution in [0.1, 0.15) is 21.6 Å². The summed E-state index contributed by atoms with van der Waals surface area (Å²) >= 11 is 2.56. The lowest BCUT2D eigenvalue weighted by Gasteiger charge is -2.14. The monoisotopic (exact) mass is 321 g/mol. The van der Waals surface area contributed by atoms with Crippen LogP contribution in [0.2, 0.25) is 6.82 Å². The number of nitrogens with zero attached hydrogens (tertiary/aromatic N) is 1. The van der Waals surface area contributed by atoms with Gasteiger partial charge in [0.25, 0.3) is 0 Å². The Bertz CT molecular complexity index is 571. The van der Waals surface area contributed by atoms with Crippen LogP contribution in [-0.2, 0) is 0 Å². The van der Waals surface area contributed by atoms with E-state index in [1.807, 2.05) is 0 Å². The van der Waals surface area contributed by atoms with Gasteiger partial charge in [0.15, 0.2) is 0 Å². The molecule has 2 aromatic rings. The van der Waals surface area contributed by atoms with Gasteiger partial charge in [-0.2, -0.15) is 0 Å². The van der Waals surface area contributed by atoms with Crippen LogP contribution >= 0.6 is 22.6 Å². The molecule has 1 aromatic heterocycles. The summed E-state index contributed by atoms with van der Waals surface area (Å²) in [6.07, 6.45) is 5.74. The van der Waals surface area contributed by atoms with E-state index in [-0.39, 0.29) is 0 Å². The number of halogens is 1. The van der Waals surface area contributed by atoms with E-state index in [0.29, 0.717) is 3.92 Å². The minimum absolute atomic E-state index is 0.621. The van der Waals surface area contributed by atoms with Crippen molar-refractivity contribution < 1.29 is 0 Å². The largest absolute Gasteiger partial charge is 0.390 e. The number of hydrogen-bond acceptors (Lipinski definition) is 0. The molecule has 80 valence electrons. The van der Waals surface area contributed by atoms with Crippen LogP contribution in [0.15, 0.2) is 30.3 Å². The van der Waals surface area contributed by atoms with E-state index in [1.165, 1.54) is 22.2 Å². The molecule has 0 spiro atoms. The molecule has 0 radical (unpaired) electrons. The van der Waals surface area contributed by atoms with Crippen molar-refractivity contribution in [2.24, 2.45) is 0 Å². The second-order valence-electron chi connectivity index (χ2n) is 4.17. The van der Waals surface area contributed by atoms with Crippen molar-refractivity contribution in [1.82, 2.24) is 4.48 Å². The molecule has 16 heavy (non-hydrogen) atoms. The van der Waals surface area contributed by atoms with Crippen LogP contribution in [0, 0.1) is 0 Å². The van der Waals surface area contributed by atoms with Crippen molar-refractivity contribution in [2.45, 2.75) is 17.2 Å². The van der Waals surface area contributed by atoms with Crippen LogP contribution in [0.4, 0.5) is 0 Å². The molecule has 1 aromatic carbocycles. The van der Waals surface area contributed by atoms with Crippen molar-refractivity contribution >= 4 is 47.0 Å². The quantitative estimate of drug-likeness (QED) is 0.428. The van der Waals surface area contributed by atoms with Crippen molar-refractivity contribution in [1.29, 1.82) is 0 Å². The van der Waals surface area contributed by atoms with E-state index >= 15 is 0 Å². The van der Waals surface area contributed by atoms with Gasteiger partial charge in [0.1, 0.15) is 0 Å². The zero-order valence-corrected chi connectivity index (χ0v) is 11.4. The Morgan fingerprint density at radius 1 is 1.38 bits per heavy atom. The first-order chi connectivity index (χ1) is 7.83. The van der Waals surface area contributed by atoms with E-state index in [4.69, 9.17) is 0 Å². The SMILES string of the molecule is CBn1c2c(c3ccccc31)C(I)CC=C2. The highest BCUT2D eigenvalue weighted by molar-refractivity contribution is 14.1. The first-order valence-electron chi connectivity index (χ1n) is 5.74. The Balaban J connectivity index is 2.44. The lowest BCUT2D eigenvalue weighted by atomic mass is 9.96. The number of aromatic nitrogens is 1. The van der Waals surface area contributed by atoms with Gasteiger partial charge < -0.3 is 4.48 Å². The zero-order chi connectivity index (χ0) is 11.1. The normalized spacial score (nSPS) is 18.8. The highest BCUT2D eigenvalue weighted by Crippen LogP contribution is 2.40. The van der Waals surface area contributed by atoms with E-state index in [2.05, 4.69) is 70.3 Å². The number of benzene rings is 1. The molecule has 0 N–H and O–H groups in total. The molecule has 1 aliphatic rings. The van der Waals surface area contributed by atoms with Gasteiger partial charge in [0.05, 0.1) is 0 Å². The van der Waals surface area contributed by atoms with Gasteiger partial charge in [-0.25, -0.2) is 0 Å². The number of hydrogen-bond donors (Lipinski definition) is 0.